The lowest BCUT2D eigenvalue weighted by Gasteiger charge is -2.33. The van der Waals surface area contributed by atoms with Gasteiger partial charge in [-0.1, -0.05) is 142 Å². The van der Waals surface area contributed by atoms with Crippen molar-refractivity contribution in [2.24, 2.45) is 0 Å². The zero-order chi connectivity index (χ0) is 34.0. The second-order valence-electron chi connectivity index (χ2n) is 14.6. The predicted molar refractivity (Wildman–Crippen MR) is 213 cm³/mol. The Morgan fingerprint density at radius 1 is 0.440 bits per heavy atom. The highest BCUT2D eigenvalue weighted by Gasteiger charge is 2.37. The summed E-state index contributed by atoms with van der Waals surface area (Å²) < 4.78 is 6.38. The monoisotopic (exact) mass is 661 g/mol. The first-order valence-electron chi connectivity index (χ1n) is 17.5. The van der Waals surface area contributed by atoms with Gasteiger partial charge in [0.05, 0.1) is 0 Å². The molecule has 1 heterocycles. The Hall–Kier alpha value is -5.64. The molecule has 0 atom stereocenters. The van der Waals surface area contributed by atoms with E-state index in [1.54, 1.807) is 0 Å². The minimum absolute atomic E-state index is 0.0810. The van der Waals surface area contributed by atoms with Gasteiger partial charge in [-0.05, 0) is 103 Å². The lowest BCUT2D eigenvalue weighted by atomic mass is 9.82. The molecule has 0 unspecified atom stereocenters. The number of ether oxygens (including phenoxy) is 1. The summed E-state index contributed by atoms with van der Waals surface area (Å²) in [5, 5.41) is 2.70. The number of para-hydroxylation sites is 1. The molecule has 0 spiro atoms. The van der Waals surface area contributed by atoms with Crippen molar-refractivity contribution >= 4 is 35.5 Å². The highest BCUT2D eigenvalue weighted by Crippen LogP contribution is 2.50. The van der Waals surface area contributed by atoms with Crippen LogP contribution in [-0.4, -0.2) is 8.07 Å². The maximum atomic E-state index is 6.38. The third-order valence-corrected chi connectivity index (χ3v) is 14.4. The molecular weight excluding hydrogens is 623 g/mol. The fourth-order valence-electron chi connectivity index (χ4n) is 8.14. The minimum Gasteiger partial charge on any atom is -0.458 e. The Labute approximate surface area is 296 Å². The van der Waals surface area contributed by atoms with E-state index in [9.17, 15) is 0 Å². The van der Waals surface area contributed by atoms with Crippen molar-refractivity contribution in [3.8, 4) is 44.9 Å². The standard InChI is InChI=1S/C47H39NOSi/c1-47(2)41-15-9-8-14-39(41)40-28-27-38(31-42(40)47)48(36-23-18-33(19-24-36)32-12-6-5-7-13-32)37-25-20-34(21-26-37)35-22-29-44-46(30-35)50(3,4)45-17-11-10-16-43(45)49-44/h5-31H,1-4H3. The van der Waals surface area contributed by atoms with Crippen molar-refractivity contribution in [1.29, 1.82) is 0 Å². The van der Waals surface area contributed by atoms with Gasteiger partial charge in [0.2, 0.25) is 0 Å². The number of hydrogen-bond acceptors (Lipinski definition) is 2. The van der Waals surface area contributed by atoms with E-state index in [1.165, 1.54) is 54.9 Å². The van der Waals surface area contributed by atoms with Gasteiger partial charge in [0, 0.05) is 22.5 Å². The molecule has 9 rings (SSSR count). The van der Waals surface area contributed by atoms with Gasteiger partial charge in [-0.25, -0.2) is 0 Å². The van der Waals surface area contributed by atoms with Crippen LogP contribution >= 0.6 is 0 Å². The largest absolute Gasteiger partial charge is 0.458 e. The van der Waals surface area contributed by atoms with Crippen LogP contribution < -0.4 is 20.0 Å². The van der Waals surface area contributed by atoms with Gasteiger partial charge in [-0.15, -0.1) is 0 Å². The van der Waals surface area contributed by atoms with Gasteiger partial charge in [-0.3, -0.25) is 0 Å². The zero-order valence-electron chi connectivity index (χ0n) is 28.9. The van der Waals surface area contributed by atoms with Crippen molar-refractivity contribution in [1.82, 2.24) is 0 Å². The first-order valence-corrected chi connectivity index (χ1v) is 20.5. The third-order valence-electron chi connectivity index (χ3n) is 10.9. The fraction of sp³-hybridized carbons (Fsp3) is 0.106. The normalized spacial score (nSPS) is 14.5. The lowest BCUT2D eigenvalue weighted by Crippen LogP contribution is -2.55. The van der Waals surface area contributed by atoms with Crippen molar-refractivity contribution < 1.29 is 4.74 Å². The van der Waals surface area contributed by atoms with Crippen LogP contribution in [0.15, 0.2) is 164 Å². The number of fused-ring (bicyclic) bond motifs is 5. The summed E-state index contributed by atoms with van der Waals surface area (Å²) in [4.78, 5) is 2.39. The summed E-state index contributed by atoms with van der Waals surface area (Å²) in [6.45, 7) is 9.55. The molecule has 0 radical (unpaired) electrons. The molecule has 0 aromatic heterocycles. The average Bonchev–Trinajstić information content (AvgIpc) is 3.38. The van der Waals surface area contributed by atoms with Crippen LogP contribution in [0.5, 0.6) is 11.5 Å². The average molecular weight is 662 g/mol. The van der Waals surface area contributed by atoms with E-state index >= 15 is 0 Å². The smallest absolute Gasteiger partial charge is 0.127 e. The van der Waals surface area contributed by atoms with Crippen molar-refractivity contribution in [3.05, 3.63) is 175 Å². The van der Waals surface area contributed by atoms with Crippen LogP contribution in [0.3, 0.4) is 0 Å². The lowest BCUT2D eigenvalue weighted by molar-refractivity contribution is 0.487. The Morgan fingerprint density at radius 3 is 1.72 bits per heavy atom. The minimum atomic E-state index is -1.92. The summed E-state index contributed by atoms with van der Waals surface area (Å²) in [7, 11) is -1.92. The number of hydrogen-bond donors (Lipinski definition) is 0. The molecular formula is C47H39NOSi. The van der Waals surface area contributed by atoms with Crippen LogP contribution in [-0.2, 0) is 5.41 Å². The Balaban J connectivity index is 1.12. The van der Waals surface area contributed by atoms with Gasteiger partial charge >= 0.3 is 0 Å². The fourth-order valence-corrected chi connectivity index (χ4v) is 11.0. The van der Waals surface area contributed by atoms with E-state index in [0.717, 1.165) is 28.6 Å². The maximum absolute atomic E-state index is 6.38. The Bertz CT molecular complexity index is 2390. The van der Waals surface area contributed by atoms with E-state index in [0.29, 0.717) is 0 Å². The van der Waals surface area contributed by atoms with Crippen LogP contribution in [0.2, 0.25) is 13.1 Å². The summed E-state index contributed by atoms with van der Waals surface area (Å²) >= 11 is 0. The third kappa shape index (κ3) is 4.84. The van der Waals surface area contributed by atoms with E-state index in [2.05, 4.69) is 196 Å². The molecule has 0 amide bonds. The van der Waals surface area contributed by atoms with E-state index in [-0.39, 0.29) is 5.41 Å². The number of benzene rings is 7. The number of anilines is 3. The molecule has 0 saturated carbocycles. The van der Waals surface area contributed by atoms with Gasteiger partial charge in [0.25, 0.3) is 0 Å². The summed E-state index contributed by atoms with van der Waals surface area (Å²) in [5.74, 6) is 2.00. The molecule has 50 heavy (non-hydrogen) atoms. The molecule has 242 valence electrons. The highest BCUT2D eigenvalue weighted by molar-refractivity contribution is 7.01. The molecule has 1 aliphatic heterocycles. The van der Waals surface area contributed by atoms with E-state index < -0.39 is 8.07 Å². The van der Waals surface area contributed by atoms with Crippen molar-refractivity contribution in [2.45, 2.75) is 32.4 Å². The van der Waals surface area contributed by atoms with Gasteiger partial charge < -0.3 is 9.64 Å². The highest BCUT2D eigenvalue weighted by atomic mass is 28.3. The molecule has 3 heteroatoms. The van der Waals surface area contributed by atoms with Crippen LogP contribution in [0, 0.1) is 0 Å². The number of nitrogens with zero attached hydrogens (tertiary/aromatic N) is 1. The van der Waals surface area contributed by atoms with Gasteiger partial charge in [0.15, 0.2) is 0 Å². The maximum Gasteiger partial charge on any atom is 0.127 e. The second-order valence-corrected chi connectivity index (χ2v) is 19.0. The Morgan fingerprint density at radius 2 is 0.980 bits per heavy atom. The van der Waals surface area contributed by atoms with E-state index in [1.807, 2.05) is 0 Å². The van der Waals surface area contributed by atoms with Crippen LogP contribution in [0.4, 0.5) is 17.1 Å². The first-order chi connectivity index (χ1) is 24.3. The molecule has 2 nitrogen and oxygen atoms in total. The summed E-state index contributed by atoms with van der Waals surface area (Å²) in [6.07, 6.45) is 0. The summed E-state index contributed by atoms with van der Waals surface area (Å²) in [5.41, 5.74) is 13.6. The molecule has 0 saturated heterocycles. The van der Waals surface area contributed by atoms with Gasteiger partial charge in [0.1, 0.15) is 19.6 Å². The van der Waals surface area contributed by atoms with Crippen LogP contribution in [0.25, 0.3) is 33.4 Å². The zero-order valence-corrected chi connectivity index (χ0v) is 29.9. The quantitative estimate of drug-likeness (QED) is 0.170. The Kier molecular flexibility index (Phi) is 6.98. The molecule has 0 bridgehead atoms. The summed E-state index contributed by atoms with van der Waals surface area (Å²) in [6, 6.07) is 59.7. The second kappa shape index (κ2) is 11.5. The van der Waals surface area contributed by atoms with E-state index in [4.69, 9.17) is 4.74 Å². The molecule has 0 N–H and O–H groups in total. The van der Waals surface area contributed by atoms with Gasteiger partial charge in [-0.2, -0.15) is 0 Å². The van der Waals surface area contributed by atoms with Crippen molar-refractivity contribution in [3.63, 3.8) is 0 Å². The topological polar surface area (TPSA) is 12.5 Å². The van der Waals surface area contributed by atoms with Crippen molar-refractivity contribution in [2.75, 3.05) is 4.90 Å². The molecule has 1 aliphatic carbocycles. The SMILES string of the molecule is CC1(C)c2ccccc2-c2ccc(N(c3ccc(-c4ccccc4)cc3)c3ccc(-c4ccc5c(c4)[Si](C)(C)c4ccccc4O5)cc3)cc21. The predicted octanol–water partition coefficient (Wildman–Crippen LogP) is 11.7. The molecule has 7 aromatic carbocycles. The molecule has 7 aromatic rings. The van der Waals surface area contributed by atoms with Crippen LogP contribution in [0.1, 0.15) is 25.0 Å². The molecule has 2 aliphatic rings. The number of rotatable bonds is 5. The first kappa shape index (κ1) is 30.4. The molecule has 0 fully saturated rings.